The molecule has 2 fully saturated rings. The molecule has 2 aliphatic heterocycles. The summed E-state index contributed by atoms with van der Waals surface area (Å²) in [5, 5.41) is 0. The van der Waals surface area contributed by atoms with Crippen molar-refractivity contribution in [1.82, 2.24) is 0 Å². The van der Waals surface area contributed by atoms with Gasteiger partial charge in [-0.15, -0.1) is 0 Å². The lowest BCUT2D eigenvalue weighted by Gasteiger charge is -2.13. The van der Waals surface area contributed by atoms with Crippen molar-refractivity contribution in [3.63, 3.8) is 0 Å². The van der Waals surface area contributed by atoms with Gasteiger partial charge in [0.25, 0.3) is 0 Å². The van der Waals surface area contributed by atoms with Gasteiger partial charge in [-0.05, 0) is 36.6 Å². The number of epoxide rings is 2. The second-order valence-electron chi connectivity index (χ2n) is 7.53. The standard InChI is InChI=1S/C22H34O4/c1-2-3-4-5-6-7-8-9-10-18-13-19(23-14-20-15-24-20)11-12-22(18)26-17-21-16-25-21/h11-13,20-21H,2-10,14-17H2,1H3. The SMILES string of the molecule is CCCCCCCCCCc1cc(OCC2CO2)ccc1OCC1CO1. The van der Waals surface area contributed by atoms with E-state index in [1.807, 2.05) is 12.1 Å². The summed E-state index contributed by atoms with van der Waals surface area (Å²) in [5.41, 5.74) is 1.26. The molecule has 2 saturated heterocycles. The second kappa shape index (κ2) is 10.8. The van der Waals surface area contributed by atoms with Gasteiger partial charge in [-0.25, -0.2) is 0 Å². The van der Waals surface area contributed by atoms with E-state index in [4.69, 9.17) is 18.9 Å². The Hall–Kier alpha value is -1.26. The van der Waals surface area contributed by atoms with E-state index in [9.17, 15) is 0 Å². The van der Waals surface area contributed by atoms with Crippen LogP contribution in [0.15, 0.2) is 18.2 Å². The van der Waals surface area contributed by atoms with Crippen LogP contribution in [0, 0.1) is 0 Å². The minimum absolute atomic E-state index is 0.286. The molecule has 0 N–H and O–H groups in total. The van der Waals surface area contributed by atoms with Gasteiger partial charge in [-0.3, -0.25) is 0 Å². The Labute approximate surface area is 158 Å². The number of rotatable bonds is 15. The molecule has 4 nitrogen and oxygen atoms in total. The summed E-state index contributed by atoms with van der Waals surface area (Å²) in [7, 11) is 0. The van der Waals surface area contributed by atoms with Crippen LogP contribution < -0.4 is 9.47 Å². The first-order valence-electron chi connectivity index (χ1n) is 10.5. The lowest BCUT2D eigenvalue weighted by molar-refractivity contribution is 0.255. The van der Waals surface area contributed by atoms with E-state index in [1.165, 1.54) is 56.9 Å². The predicted octanol–water partition coefficient (Wildman–Crippen LogP) is 4.93. The van der Waals surface area contributed by atoms with Crippen LogP contribution in [-0.4, -0.2) is 38.6 Å². The Morgan fingerprint density at radius 2 is 1.46 bits per heavy atom. The smallest absolute Gasteiger partial charge is 0.122 e. The first kappa shape index (κ1) is 19.5. The number of benzene rings is 1. The van der Waals surface area contributed by atoms with E-state index in [-0.39, 0.29) is 12.2 Å². The zero-order chi connectivity index (χ0) is 18.0. The summed E-state index contributed by atoms with van der Waals surface area (Å²) in [6.07, 6.45) is 12.3. The Bertz CT molecular complexity index is 523. The number of ether oxygens (including phenoxy) is 4. The van der Waals surface area contributed by atoms with Crippen molar-refractivity contribution in [2.24, 2.45) is 0 Å². The maximum absolute atomic E-state index is 5.97. The molecule has 3 rings (SSSR count). The summed E-state index contributed by atoms with van der Waals surface area (Å²) in [5.74, 6) is 1.91. The van der Waals surface area contributed by atoms with E-state index in [0.717, 1.165) is 31.1 Å². The fourth-order valence-corrected chi connectivity index (χ4v) is 3.13. The van der Waals surface area contributed by atoms with Gasteiger partial charge in [0, 0.05) is 0 Å². The van der Waals surface area contributed by atoms with Crippen LogP contribution in [0.4, 0.5) is 0 Å². The zero-order valence-corrected chi connectivity index (χ0v) is 16.2. The maximum Gasteiger partial charge on any atom is 0.122 e. The fourth-order valence-electron chi connectivity index (χ4n) is 3.13. The van der Waals surface area contributed by atoms with Crippen LogP contribution in [0.25, 0.3) is 0 Å². The monoisotopic (exact) mass is 362 g/mol. The third-order valence-electron chi connectivity index (χ3n) is 5.00. The van der Waals surface area contributed by atoms with Crippen LogP contribution in [0.5, 0.6) is 11.5 Å². The minimum atomic E-state index is 0.286. The van der Waals surface area contributed by atoms with Crippen molar-refractivity contribution in [1.29, 1.82) is 0 Å². The van der Waals surface area contributed by atoms with Gasteiger partial charge in [0.05, 0.1) is 13.2 Å². The van der Waals surface area contributed by atoms with Gasteiger partial charge in [0.2, 0.25) is 0 Å². The average Bonchev–Trinajstić information content (AvgIpc) is 3.56. The Balaban J connectivity index is 1.42. The van der Waals surface area contributed by atoms with Gasteiger partial charge in [-0.1, -0.05) is 51.9 Å². The molecule has 0 bridgehead atoms. The molecule has 0 aromatic heterocycles. The summed E-state index contributed by atoms with van der Waals surface area (Å²) in [4.78, 5) is 0. The van der Waals surface area contributed by atoms with Crippen LogP contribution in [0.1, 0.15) is 63.9 Å². The summed E-state index contributed by atoms with van der Waals surface area (Å²) in [6.45, 7) is 5.22. The van der Waals surface area contributed by atoms with E-state index in [1.54, 1.807) is 0 Å². The highest BCUT2D eigenvalue weighted by Gasteiger charge is 2.24. The van der Waals surface area contributed by atoms with Crippen molar-refractivity contribution in [2.75, 3.05) is 26.4 Å². The first-order valence-corrected chi connectivity index (χ1v) is 10.5. The molecule has 2 atom stereocenters. The highest BCUT2D eigenvalue weighted by atomic mass is 16.6. The topological polar surface area (TPSA) is 43.5 Å². The molecule has 2 unspecified atom stereocenters. The molecule has 146 valence electrons. The van der Waals surface area contributed by atoms with Gasteiger partial charge >= 0.3 is 0 Å². The Morgan fingerprint density at radius 1 is 0.846 bits per heavy atom. The number of hydrogen-bond donors (Lipinski definition) is 0. The third kappa shape index (κ3) is 7.55. The van der Waals surface area contributed by atoms with Gasteiger partial charge in [0.1, 0.15) is 36.9 Å². The molecule has 0 radical (unpaired) electrons. The molecule has 1 aromatic carbocycles. The minimum Gasteiger partial charge on any atom is -0.491 e. The Kier molecular flexibility index (Phi) is 8.09. The van der Waals surface area contributed by atoms with Gasteiger partial charge < -0.3 is 18.9 Å². The first-order chi connectivity index (χ1) is 12.8. The van der Waals surface area contributed by atoms with Crippen LogP contribution in [0.3, 0.4) is 0 Å². The highest BCUT2D eigenvalue weighted by Crippen LogP contribution is 2.28. The summed E-state index contributed by atoms with van der Waals surface area (Å²) >= 11 is 0. The zero-order valence-electron chi connectivity index (χ0n) is 16.2. The predicted molar refractivity (Wildman–Crippen MR) is 103 cm³/mol. The lowest BCUT2D eigenvalue weighted by atomic mass is 10.0. The molecule has 2 heterocycles. The fraction of sp³-hybridized carbons (Fsp3) is 0.727. The Morgan fingerprint density at radius 3 is 2.12 bits per heavy atom. The second-order valence-corrected chi connectivity index (χ2v) is 7.53. The molecule has 1 aromatic rings. The quantitative estimate of drug-likeness (QED) is 0.328. The van der Waals surface area contributed by atoms with Crippen LogP contribution in [0.2, 0.25) is 0 Å². The van der Waals surface area contributed by atoms with Crippen molar-refractivity contribution < 1.29 is 18.9 Å². The van der Waals surface area contributed by atoms with Crippen molar-refractivity contribution in [3.05, 3.63) is 23.8 Å². The molecule has 0 spiro atoms. The molecule has 4 heteroatoms. The molecule has 0 amide bonds. The van der Waals surface area contributed by atoms with Crippen LogP contribution in [-0.2, 0) is 15.9 Å². The maximum atomic E-state index is 5.97. The number of aryl methyl sites for hydroxylation is 1. The molecular weight excluding hydrogens is 328 g/mol. The van der Waals surface area contributed by atoms with Crippen molar-refractivity contribution in [2.45, 2.75) is 76.9 Å². The van der Waals surface area contributed by atoms with Crippen molar-refractivity contribution >= 4 is 0 Å². The lowest BCUT2D eigenvalue weighted by Crippen LogP contribution is -2.07. The highest BCUT2D eigenvalue weighted by molar-refractivity contribution is 5.40. The molecule has 0 aliphatic carbocycles. The molecule has 2 aliphatic rings. The molecular formula is C22H34O4. The normalized spacial score (nSPS) is 20.8. The largest absolute Gasteiger partial charge is 0.491 e. The van der Waals surface area contributed by atoms with Crippen LogP contribution >= 0.6 is 0 Å². The van der Waals surface area contributed by atoms with E-state index >= 15 is 0 Å². The van der Waals surface area contributed by atoms with Gasteiger partial charge in [-0.2, -0.15) is 0 Å². The van der Waals surface area contributed by atoms with Crippen molar-refractivity contribution in [3.8, 4) is 11.5 Å². The van der Waals surface area contributed by atoms with Gasteiger partial charge in [0.15, 0.2) is 0 Å². The number of hydrogen-bond acceptors (Lipinski definition) is 4. The van der Waals surface area contributed by atoms with E-state index < -0.39 is 0 Å². The van der Waals surface area contributed by atoms with E-state index in [2.05, 4.69) is 13.0 Å². The average molecular weight is 363 g/mol. The summed E-state index contributed by atoms with van der Waals surface area (Å²) < 4.78 is 22.3. The van der Waals surface area contributed by atoms with E-state index in [0.29, 0.717) is 13.2 Å². The molecule has 26 heavy (non-hydrogen) atoms. The third-order valence-corrected chi connectivity index (χ3v) is 5.00. The summed E-state index contributed by atoms with van der Waals surface area (Å²) in [6, 6.07) is 6.20. The number of unbranched alkanes of at least 4 members (excludes halogenated alkanes) is 7. The molecule has 0 saturated carbocycles.